The summed E-state index contributed by atoms with van der Waals surface area (Å²) in [6, 6.07) is 5.30. The Morgan fingerprint density at radius 3 is 2.84 bits per heavy atom. The Labute approximate surface area is 122 Å². The van der Waals surface area contributed by atoms with Gasteiger partial charge >= 0.3 is 5.97 Å². The van der Waals surface area contributed by atoms with Gasteiger partial charge in [0.1, 0.15) is 0 Å². The lowest BCUT2D eigenvalue weighted by Crippen LogP contribution is -1.95. The zero-order valence-corrected chi connectivity index (χ0v) is 12.1. The molecule has 2 rings (SSSR count). The van der Waals surface area contributed by atoms with Gasteiger partial charge in [0.15, 0.2) is 0 Å². The second-order valence-electron chi connectivity index (χ2n) is 3.91. The summed E-state index contributed by atoms with van der Waals surface area (Å²) >= 11 is 9.28. The minimum Gasteiger partial charge on any atom is -0.481 e. The van der Waals surface area contributed by atoms with Gasteiger partial charge in [0.05, 0.1) is 0 Å². The second kappa shape index (κ2) is 6.16. The van der Waals surface area contributed by atoms with Gasteiger partial charge in [-0.3, -0.25) is 4.79 Å². The summed E-state index contributed by atoms with van der Waals surface area (Å²) in [6.07, 6.45) is 0.998. The van der Waals surface area contributed by atoms with E-state index in [1.54, 1.807) is 12.1 Å². The van der Waals surface area contributed by atoms with E-state index in [0.29, 0.717) is 29.6 Å². The normalized spacial score (nSPS) is 10.6. The molecule has 2 aromatic rings. The number of hydrogen-bond acceptors (Lipinski definition) is 4. The summed E-state index contributed by atoms with van der Waals surface area (Å²) in [5, 5.41) is 16.9. The van der Waals surface area contributed by atoms with E-state index in [2.05, 4.69) is 26.1 Å². The van der Waals surface area contributed by atoms with Crippen LogP contribution in [0.1, 0.15) is 18.7 Å². The monoisotopic (exact) mass is 344 g/mol. The SMILES string of the molecule is O=C(O)CCCc1nnc(-c2cc(Cl)cc(Br)c2)o1. The Bertz CT molecular complexity index is 580. The smallest absolute Gasteiger partial charge is 0.303 e. The van der Waals surface area contributed by atoms with Gasteiger partial charge < -0.3 is 9.52 Å². The molecule has 0 saturated heterocycles. The number of hydrogen-bond donors (Lipinski definition) is 1. The Hall–Kier alpha value is -1.40. The van der Waals surface area contributed by atoms with Crippen molar-refractivity contribution in [2.75, 3.05) is 0 Å². The van der Waals surface area contributed by atoms with E-state index in [9.17, 15) is 4.79 Å². The minimum atomic E-state index is -0.835. The van der Waals surface area contributed by atoms with Crippen molar-refractivity contribution in [3.8, 4) is 11.5 Å². The van der Waals surface area contributed by atoms with Crippen molar-refractivity contribution in [1.29, 1.82) is 0 Å². The van der Waals surface area contributed by atoms with Crippen LogP contribution in [-0.4, -0.2) is 21.3 Å². The van der Waals surface area contributed by atoms with Crippen molar-refractivity contribution < 1.29 is 14.3 Å². The summed E-state index contributed by atoms with van der Waals surface area (Å²) < 4.78 is 6.29. The van der Waals surface area contributed by atoms with Crippen LogP contribution in [0.25, 0.3) is 11.5 Å². The van der Waals surface area contributed by atoms with Crippen molar-refractivity contribution in [3.63, 3.8) is 0 Å². The van der Waals surface area contributed by atoms with Gasteiger partial charge in [-0.1, -0.05) is 27.5 Å². The number of benzene rings is 1. The van der Waals surface area contributed by atoms with Crippen LogP contribution in [-0.2, 0) is 11.2 Å². The third kappa shape index (κ3) is 4.04. The average molecular weight is 346 g/mol. The first kappa shape index (κ1) is 14.0. The van der Waals surface area contributed by atoms with Crippen LogP contribution in [0, 0.1) is 0 Å². The molecule has 1 heterocycles. The first-order chi connectivity index (χ1) is 9.04. The minimum absolute atomic E-state index is 0.0838. The molecule has 1 N–H and O–H groups in total. The Kier molecular flexibility index (Phi) is 4.55. The van der Waals surface area contributed by atoms with Gasteiger partial charge in [-0.15, -0.1) is 10.2 Å². The maximum absolute atomic E-state index is 10.4. The van der Waals surface area contributed by atoms with E-state index < -0.39 is 5.97 Å². The molecule has 0 saturated carbocycles. The maximum Gasteiger partial charge on any atom is 0.303 e. The number of carboxylic acid groups (broad SMARTS) is 1. The van der Waals surface area contributed by atoms with Gasteiger partial charge in [0.25, 0.3) is 0 Å². The molecule has 0 atom stereocenters. The summed E-state index contributed by atoms with van der Waals surface area (Å²) in [6.45, 7) is 0. The Morgan fingerprint density at radius 2 is 2.16 bits per heavy atom. The van der Waals surface area contributed by atoms with Crippen molar-refractivity contribution in [2.45, 2.75) is 19.3 Å². The number of rotatable bonds is 5. The highest BCUT2D eigenvalue weighted by molar-refractivity contribution is 9.10. The first-order valence-electron chi connectivity index (χ1n) is 5.55. The molecule has 1 aromatic heterocycles. The van der Waals surface area contributed by atoms with E-state index in [1.165, 1.54) is 0 Å². The lowest BCUT2D eigenvalue weighted by atomic mass is 10.2. The molecule has 5 nitrogen and oxygen atoms in total. The molecule has 0 spiro atoms. The van der Waals surface area contributed by atoms with Crippen LogP contribution in [0.15, 0.2) is 27.1 Å². The Morgan fingerprint density at radius 1 is 1.37 bits per heavy atom. The van der Waals surface area contributed by atoms with Crippen LogP contribution >= 0.6 is 27.5 Å². The maximum atomic E-state index is 10.4. The summed E-state index contributed by atoms with van der Waals surface area (Å²) in [5.74, 6) is -0.0422. The van der Waals surface area contributed by atoms with E-state index in [1.807, 2.05) is 6.07 Å². The first-order valence-corrected chi connectivity index (χ1v) is 6.72. The van der Waals surface area contributed by atoms with Crippen LogP contribution in [0.3, 0.4) is 0 Å². The number of carbonyl (C=O) groups is 1. The number of carboxylic acids is 1. The zero-order valence-electron chi connectivity index (χ0n) is 9.77. The van der Waals surface area contributed by atoms with E-state index in [0.717, 1.165) is 10.0 Å². The second-order valence-corrected chi connectivity index (χ2v) is 5.26. The highest BCUT2D eigenvalue weighted by atomic mass is 79.9. The Balaban J connectivity index is 2.09. The molecule has 0 aliphatic heterocycles. The number of aromatic nitrogens is 2. The molecule has 0 unspecified atom stereocenters. The summed E-state index contributed by atoms with van der Waals surface area (Å²) in [5.41, 5.74) is 0.719. The van der Waals surface area contributed by atoms with Gasteiger partial charge in [-0.05, 0) is 24.6 Å². The molecule has 1 aromatic carbocycles. The lowest BCUT2D eigenvalue weighted by molar-refractivity contribution is -0.137. The molecule has 0 radical (unpaired) electrons. The highest BCUT2D eigenvalue weighted by Crippen LogP contribution is 2.26. The van der Waals surface area contributed by atoms with Gasteiger partial charge in [-0.2, -0.15) is 0 Å². The molecular formula is C12H10BrClN2O3. The van der Waals surface area contributed by atoms with E-state index in [4.69, 9.17) is 21.1 Å². The molecular weight excluding hydrogens is 336 g/mol. The predicted molar refractivity (Wildman–Crippen MR) is 73.0 cm³/mol. The van der Waals surface area contributed by atoms with Gasteiger partial charge in [0.2, 0.25) is 11.8 Å². The largest absolute Gasteiger partial charge is 0.481 e. The quantitative estimate of drug-likeness (QED) is 0.896. The van der Waals surface area contributed by atoms with Crippen molar-refractivity contribution >= 4 is 33.5 Å². The van der Waals surface area contributed by atoms with Crippen LogP contribution in [0.2, 0.25) is 5.02 Å². The van der Waals surface area contributed by atoms with Crippen LogP contribution in [0.4, 0.5) is 0 Å². The lowest BCUT2D eigenvalue weighted by Gasteiger charge is -1.97. The number of halogens is 2. The molecule has 0 aliphatic rings. The summed E-state index contributed by atoms with van der Waals surface area (Å²) in [4.78, 5) is 10.4. The van der Waals surface area contributed by atoms with Crippen molar-refractivity contribution in [3.05, 3.63) is 33.6 Å². The van der Waals surface area contributed by atoms with Crippen molar-refractivity contribution in [2.24, 2.45) is 0 Å². The molecule has 0 aliphatic carbocycles. The standard InChI is InChI=1S/C12H10BrClN2O3/c13-8-4-7(5-9(14)6-8)12-16-15-10(19-12)2-1-3-11(17)18/h4-6H,1-3H2,(H,17,18). The summed E-state index contributed by atoms with van der Waals surface area (Å²) in [7, 11) is 0. The fourth-order valence-corrected chi connectivity index (χ4v) is 2.40. The number of aliphatic carboxylic acids is 1. The van der Waals surface area contributed by atoms with Crippen LogP contribution < -0.4 is 0 Å². The molecule has 0 amide bonds. The third-order valence-electron chi connectivity index (χ3n) is 2.36. The topological polar surface area (TPSA) is 76.2 Å². The van der Waals surface area contributed by atoms with Gasteiger partial charge in [0, 0.05) is 27.9 Å². The van der Waals surface area contributed by atoms with Crippen LogP contribution in [0.5, 0.6) is 0 Å². The molecule has 0 fully saturated rings. The number of nitrogens with zero attached hydrogens (tertiary/aromatic N) is 2. The van der Waals surface area contributed by atoms with E-state index in [-0.39, 0.29) is 6.42 Å². The number of aryl methyl sites for hydroxylation is 1. The van der Waals surface area contributed by atoms with E-state index >= 15 is 0 Å². The fraction of sp³-hybridized carbons (Fsp3) is 0.250. The van der Waals surface area contributed by atoms with Crippen molar-refractivity contribution in [1.82, 2.24) is 10.2 Å². The zero-order chi connectivity index (χ0) is 13.8. The molecule has 7 heteroatoms. The third-order valence-corrected chi connectivity index (χ3v) is 3.03. The molecule has 100 valence electrons. The highest BCUT2D eigenvalue weighted by Gasteiger charge is 2.10. The predicted octanol–water partition coefficient (Wildman–Crippen LogP) is 3.56. The fourth-order valence-electron chi connectivity index (χ4n) is 1.54. The molecule has 19 heavy (non-hydrogen) atoms. The average Bonchev–Trinajstić information content (AvgIpc) is 2.76. The van der Waals surface area contributed by atoms with Gasteiger partial charge in [-0.25, -0.2) is 0 Å². The molecule has 0 bridgehead atoms.